The van der Waals surface area contributed by atoms with Gasteiger partial charge in [0.2, 0.25) is 5.91 Å². The lowest BCUT2D eigenvalue weighted by Crippen LogP contribution is -2.33. The highest BCUT2D eigenvalue weighted by molar-refractivity contribution is 5.81. The molecule has 0 radical (unpaired) electrons. The first kappa shape index (κ1) is 15.4. The summed E-state index contributed by atoms with van der Waals surface area (Å²) in [5.41, 5.74) is 2.30. The van der Waals surface area contributed by atoms with Gasteiger partial charge < -0.3 is 9.64 Å². The lowest BCUT2D eigenvalue weighted by molar-refractivity contribution is -0.133. The van der Waals surface area contributed by atoms with E-state index in [4.69, 9.17) is 4.74 Å². The van der Waals surface area contributed by atoms with Crippen molar-refractivity contribution in [3.8, 4) is 11.8 Å². The molecule has 1 fully saturated rings. The molecule has 0 bridgehead atoms. The number of aryl methyl sites for hydroxylation is 2. The van der Waals surface area contributed by atoms with Crippen LogP contribution in [0.2, 0.25) is 0 Å². The molecule has 21 heavy (non-hydrogen) atoms. The van der Waals surface area contributed by atoms with Crippen LogP contribution in [0.25, 0.3) is 0 Å². The Bertz CT molecular complexity index is 522. The molecule has 1 amide bonds. The first-order valence-electron chi connectivity index (χ1n) is 7.49. The van der Waals surface area contributed by atoms with E-state index >= 15 is 0 Å². The van der Waals surface area contributed by atoms with E-state index in [1.165, 1.54) is 0 Å². The van der Waals surface area contributed by atoms with Crippen LogP contribution in [0.3, 0.4) is 0 Å². The number of nitrogens with zero attached hydrogens (tertiary/aromatic N) is 2. The number of hydrogen-bond donors (Lipinski definition) is 0. The van der Waals surface area contributed by atoms with Gasteiger partial charge in [0.25, 0.3) is 0 Å². The van der Waals surface area contributed by atoms with E-state index in [2.05, 4.69) is 12.1 Å². The van der Waals surface area contributed by atoms with Gasteiger partial charge >= 0.3 is 0 Å². The number of ether oxygens (including phenoxy) is 1. The second kappa shape index (κ2) is 7.12. The topological polar surface area (TPSA) is 53.3 Å². The number of carbonyl (C=O) groups is 1. The minimum absolute atomic E-state index is 0.0426. The predicted octanol–water partition coefficient (Wildman–Crippen LogP) is 2.83. The summed E-state index contributed by atoms with van der Waals surface area (Å²) in [6, 6.07) is 8.14. The first-order chi connectivity index (χ1) is 10.1. The smallest absolute Gasteiger partial charge is 0.240 e. The maximum atomic E-state index is 12.2. The number of carbonyl (C=O) groups excluding carboxylic acids is 1. The molecule has 1 aromatic carbocycles. The normalized spacial score (nSPS) is 15.6. The fourth-order valence-corrected chi connectivity index (χ4v) is 2.71. The van der Waals surface area contributed by atoms with Crippen LogP contribution in [0.1, 0.15) is 30.4 Å². The molecular weight excluding hydrogens is 264 g/mol. The molecule has 1 aromatic rings. The average molecular weight is 286 g/mol. The molecule has 1 aliphatic heterocycles. The van der Waals surface area contributed by atoms with Crippen LogP contribution in [0.5, 0.6) is 5.75 Å². The molecule has 1 heterocycles. The van der Waals surface area contributed by atoms with Crippen LogP contribution in [0.4, 0.5) is 0 Å². The number of amides is 1. The van der Waals surface area contributed by atoms with Gasteiger partial charge in [0.05, 0.1) is 12.7 Å². The quantitative estimate of drug-likeness (QED) is 0.836. The number of rotatable bonds is 5. The van der Waals surface area contributed by atoms with Crippen LogP contribution in [-0.2, 0) is 4.79 Å². The lowest BCUT2D eigenvalue weighted by Gasteiger charge is -2.18. The Balaban J connectivity index is 1.85. The summed E-state index contributed by atoms with van der Waals surface area (Å²) in [5.74, 6) is 0.172. The van der Waals surface area contributed by atoms with Crippen molar-refractivity contribution >= 4 is 5.91 Å². The number of nitriles is 1. The van der Waals surface area contributed by atoms with Gasteiger partial charge in [0.15, 0.2) is 0 Å². The summed E-state index contributed by atoms with van der Waals surface area (Å²) in [5, 5.41) is 9.19. The van der Waals surface area contributed by atoms with Crippen molar-refractivity contribution in [2.24, 2.45) is 5.92 Å². The zero-order valence-corrected chi connectivity index (χ0v) is 12.8. The standard InChI is InChI=1S/C17H22N2O2/c1-13-9-14(2)11-16(10-13)21-8-5-15(12-18)17(20)19-6-3-4-7-19/h9-11,15H,3-8H2,1-2H3. The van der Waals surface area contributed by atoms with E-state index in [1.54, 1.807) is 4.90 Å². The number of benzene rings is 1. The SMILES string of the molecule is Cc1cc(C)cc(OCCC(C#N)C(=O)N2CCCC2)c1. The highest BCUT2D eigenvalue weighted by Gasteiger charge is 2.26. The third-order valence-electron chi connectivity index (χ3n) is 3.74. The van der Waals surface area contributed by atoms with Crippen LogP contribution < -0.4 is 4.74 Å². The van der Waals surface area contributed by atoms with Crippen molar-refractivity contribution in [3.63, 3.8) is 0 Å². The monoisotopic (exact) mass is 286 g/mol. The first-order valence-corrected chi connectivity index (χ1v) is 7.49. The highest BCUT2D eigenvalue weighted by atomic mass is 16.5. The van der Waals surface area contributed by atoms with E-state index in [0.717, 1.165) is 42.8 Å². The van der Waals surface area contributed by atoms with Gasteiger partial charge in [-0.2, -0.15) is 5.26 Å². The molecule has 0 saturated carbocycles. The molecule has 2 rings (SSSR count). The number of likely N-dealkylation sites (tertiary alicyclic amines) is 1. The van der Waals surface area contributed by atoms with Gasteiger partial charge in [-0.25, -0.2) is 0 Å². The fourth-order valence-electron chi connectivity index (χ4n) is 2.71. The van der Waals surface area contributed by atoms with Gasteiger partial charge in [-0.15, -0.1) is 0 Å². The zero-order valence-electron chi connectivity index (χ0n) is 12.8. The summed E-state index contributed by atoms with van der Waals surface area (Å²) >= 11 is 0. The molecule has 0 aliphatic carbocycles. The summed E-state index contributed by atoms with van der Waals surface area (Å²) in [6.07, 6.45) is 2.53. The molecule has 1 aliphatic rings. The largest absolute Gasteiger partial charge is 0.494 e. The van der Waals surface area contributed by atoms with Crippen LogP contribution in [0.15, 0.2) is 18.2 Å². The lowest BCUT2D eigenvalue weighted by atomic mass is 10.1. The summed E-state index contributed by atoms with van der Waals surface area (Å²) in [6.45, 7) is 6.01. The average Bonchev–Trinajstić information content (AvgIpc) is 2.96. The second-order valence-corrected chi connectivity index (χ2v) is 5.67. The minimum Gasteiger partial charge on any atom is -0.494 e. The molecule has 4 heteroatoms. The molecule has 4 nitrogen and oxygen atoms in total. The molecule has 112 valence electrons. The summed E-state index contributed by atoms with van der Waals surface area (Å²) < 4.78 is 5.69. The van der Waals surface area contributed by atoms with E-state index in [0.29, 0.717) is 13.0 Å². The van der Waals surface area contributed by atoms with Gasteiger partial charge in [-0.05, 0) is 49.9 Å². The summed E-state index contributed by atoms with van der Waals surface area (Å²) in [4.78, 5) is 14.0. The fraction of sp³-hybridized carbons (Fsp3) is 0.529. The van der Waals surface area contributed by atoms with E-state index in [9.17, 15) is 10.1 Å². The Kier molecular flexibility index (Phi) is 5.21. The molecule has 1 atom stereocenters. The highest BCUT2D eigenvalue weighted by Crippen LogP contribution is 2.18. The maximum Gasteiger partial charge on any atom is 0.240 e. The van der Waals surface area contributed by atoms with Crippen molar-refractivity contribution in [1.29, 1.82) is 5.26 Å². The van der Waals surface area contributed by atoms with Crippen molar-refractivity contribution in [2.75, 3.05) is 19.7 Å². The summed E-state index contributed by atoms with van der Waals surface area (Å²) in [7, 11) is 0. The second-order valence-electron chi connectivity index (χ2n) is 5.67. The Morgan fingerprint density at radius 3 is 2.48 bits per heavy atom. The van der Waals surface area contributed by atoms with Crippen molar-refractivity contribution in [3.05, 3.63) is 29.3 Å². The predicted molar refractivity (Wildman–Crippen MR) is 80.9 cm³/mol. The minimum atomic E-state index is -0.589. The third-order valence-corrected chi connectivity index (χ3v) is 3.74. The van der Waals surface area contributed by atoms with Gasteiger partial charge in [0, 0.05) is 19.5 Å². The number of hydrogen-bond acceptors (Lipinski definition) is 3. The molecule has 0 aromatic heterocycles. The van der Waals surface area contributed by atoms with E-state index in [1.807, 2.05) is 26.0 Å². The van der Waals surface area contributed by atoms with Crippen molar-refractivity contribution in [2.45, 2.75) is 33.1 Å². The molecule has 1 saturated heterocycles. The van der Waals surface area contributed by atoms with Crippen LogP contribution in [0, 0.1) is 31.1 Å². The van der Waals surface area contributed by atoms with Crippen LogP contribution in [-0.4, -0.2) is 30.5 Å². The Morgan fingerprint density at radius 1 is 1.29 bits per heavy atom. The third kappa shape index (κ3) is 4.22. The molecule has 0 N–H and O–H groups in total. The van der Waals surface area contributed by atoms with Gasteiger partial charge in [0.1, 0.15) is 11.7 Å². The molecular formula is C17H22N2O2. The van der Waals surface area contributed by atoms with Crippen molar-refractivity contribution < 1.29 is 9.53 Å². The Labute approximate surface area is 126 Å². The van der Waals surface area contributed by atoms with Crippen molar-refractivity contribution in [1.82, 2.24) is 4.90 Å². The molecule has 0 spiro atoms. The van der Waals surface area contributed by atoms with Crippen LogP contribution >= 0.6 is 0 Å². The van der Waals surface area contributed by atoms with E-state index < -0.39 is 5.92 Å². The van der Waals surface area contributed by atoms with E-state index in [-0.39, 0.29) is 5.91 Å². The Hall–Kier alpha value is -2.02. The van der Waals surface area contributed by atoms with Gasteiger partial charge in [-0.1, -0.05) is 6.07 Å². The molecule has 1 unspecified atom stereocenters. The Morgan fingerprint density at radius 2 is 1.90 bits per heavy atom. The zero-order chi connectivity index (χ0) is 15.2. The maximum absolute atomic E-state index is 12.2. The van der Waals surface area contributed by atoms with Gasteiger partial charge in [-0.3, -0.25) is 4.79 Å².